The van der Waals surface area contributed by atoms with Gasteiger partial charge in [-0.15, -0.1) is 0 Å². The van der Waals surface area contributed by atoms with Gasteiger partial charge in [0.2, 0.25) is 5.91 Å². The van der Waals surface area contributed by atoms with Gasteiger partial charge in [0, 0.05) is 35.7 Å². The van der Waals surface area contributed by atoms with Gasteiger partial charge in [0.1, 0.15) is 6.54 Å². The van der Waals surface area contributed by atoms with Gasteiger partial charge in [0.15, 0.2) is 12.4 Å². The Balaban J connectivity index is 1.66. The number of benzene rings is 1. The highest BCUT2D eigenvalue weighted by Crippen LogP contribution is 2.13. The molecule has 4 heteroatoms. The lowest BCUT2D eigenvalue weighted by molar-refractivity contribution is -0.697. The molecule has 3 nitrogen and oxygen atoms in total. The molecule has 20 heavy (non-hydrogen) atoms. The smallest absolute Gasteiger partial charge is 0.224 e. The van der Waals surface area contributed by atoms with Crippen LogP contribution in [0.5, 0.6) is 0 Å². The first-order valence-electron chi connectivity index (χ1n) is 6.73. The van der Waals surface area contributed by atoms with Crippen LogP contribution in [0.15, 0.2) is 54.9 Å². The van der Waals surface area contributed by atoms with Gasteiger partial charge in [-0.25, -0.2) is 4.57 Å². The number of rotatable bonds is 6. The van der Waals surface area contributed by atoms with Gasteiger partial charge in [0.25, 0.3) is 0 Å². The summed E-state index contributed by atoms with van der Waals surface area (Å²) < 4.78 is 2.12. The van der Waals surface area contributed by atoms with Gasteiger partial charge in [-0.1, -0.05) is 17.7 Å². The number of aryl methyl sites for hydroxylation is 1. The van der Waals surface area contributed by atoms with E-state index in [2.05, 4.69) is 9.88 Å². The van der Waals surface area contributed by atoms with E-state index in [1.807, 2.05) is 30.6 Å². The van der Waals surface area contributed by atoms with E-state index in [-0.39, 0.29) is 5.91 Å². The molecule has 0 aliphatic rings. The molecule has 1 amide bonds. The Kier molecular flexibility index (Phi) is 5.56. The standard InChI is InChI=1S/C16H17ClN2O/c17-14-7-9-15(10-8-14)18-16(20)6-2-5-13-19-11-3-1-4-12-19/h1,3-4,7-12H,2,5-6,13H2/p+1. The Bertz CT molecular complexity index is 540. The molecule has 2 aromatic rings. The number of nitrogens with one attached hydrogen (secondary N) is 1. The molecule has 1 aromatic carbocycles. The van der Waals surface area contributed by atoms with Crippen LogP contribution >= 0.6 is 11.6 Å². The van der Waals surface area contributed by atoms with Crippen LogP contribution in [0.25, 0.3) is 0 Å². The molecule has 1 aromatic heterocycles. The van der Waals surface area contributed by atoms with E-state index < -0.39 is 0 Å². The van der Waals surface area contributed by atoms with Crippen LogP contribution in [-0.4, -0.2) is 5.91 Å². The molecular weight excluding hydrogens is 272 g/mol. The number of carbonyl (C=O) groups excluding carboxylic acids is 1. The molecule has 1 N–H and O–H groups in total. The monoisotopic (exact) mass is 289 g/mol. The van der Waals surface area contributed by atoms with E-state index in [0.29, 0.717) is 11.4 Å². The molecule has 1 heterocycles. The van der Waals surface area contributed by atoms with Crippen LogP contribution in [0, 0.1) is 0 Å². The van der Waals surface area contributed by atoms with Crippen molar-refractivity contribution in [1.82, 2.24) is 0 Å². The Labute approximate surface area is 124 Å². The molecule has 104 valence electrons. The van der Waals surface area contributed by atoms with Crippen molar-refractivity contribution in [3.05, 3.63) is 59.9 Å². The summed E-state index contributed by atoms with van der Waals surface area (Å²) >= 11 is 5.79. The molecule has 0 bridgehead atoms. The van der Waals surface area contributed by atoms with E-state index >= 15 is 0 Å². The normalized spacial score (nSPS) is 10.2. The van der Waals surface area contributed by atoms with Gasteiger partial charge < -0.3 is 5.32 Å². The number of hydrogen-bond donors (Lipinski definition) is 1. The van der Waals surface area contributed by atoms with Crippen LogP contribution < -0.4 is 9.88 Å². The van der Waals surface area contributed by atoms with Crippen molar-refractivity contribution in [2.45, 2.75) is 25.8 Å². The van der Waals surface area contributed by atoms with Gasteiger partial charge in [-0.05, 0) is 30.7 Å². The Morgan fingerprint density at radius 2 is 1.75 bits per heavy atom. The summed E-state index contributed by atoms with van der Waals surface area (Å²) in [5, 5.41) is 3.53. The summed E-state index contributed by atoms with van der Waals surface area (Å²) in [4.78, 5) is 11.8. The second kappa shape index (κ2) is 7.65. The summed E-state index contributed by atoms with van der Waals surface area (Å²) in [6.45, 7) is 0.940. The Hall–Kier alpha value is -1.87. The number of aromatic nitrogens is 1. The highest BCUT2D eigenvalue weighted by atomic mass is 35.5. The van der Waals surface area contributed by atoms with Crippen LogP contribution in [0.1, 0.15) is 19.3 Å². The lowest BCUT2D eigenvalue weighted by atomic mass is 10.2. The first-order chi connectivity index (χ1) is 9.74. The fraction of sp³-hybridized carbons (Fsp3) is 0.250. The third-order valence-corrected chi connectivity index (χ3v) is 3.23. The van der Waals surface area contributed by atoms with Crippen molar-refractivity contribution in [2.75, 3.05) is 5.32 Å². The highest BCUT2D eigenvalue weighted by molar-refractivity contribution is 6.30. The molecule has 0 fully saturated rings. The van der Waals surface area contributed by atoms with Gasteiger partial charge in [-0.2, -0.15) is 0 Å². The fourth-order valence-corrected chi connectivity index (χ4v) is 2.05. The van der Waals surface area contributed by atoms with Gasteiger partial charge >= 0.3 is 0 Å². The van der Waals surface area contributed by atoms with Crippen molar-refractivity contribution < 1.29 is 9.36 Å². The van der Waals surface area contributed by atoms with Crippen molar-refractivity contribution >= 4 is 23.2 Å². The largest absolute Gasteiger partial charge is 0.326 e. The number of halogens is 1. The molecule has 0 unspecified atom stereocenters. The lowest BCUT2D eigenvalue weighted by Gasteiger charge is -2.04. The molecule has 0 saturated carbocycles. The van der Waals surface area contributed by atoms with E-state index in [4.69, 9.17) is 11.6 Å². The maximum atomic E-state index is 11.8. The second-order valence-electron chi connectivity index (χ2n) is 4.63. The molecule has 0 saturated heterocycles. The first-order valence-corrected chi connectivity index (χ1v) is 7.11. The van der Waals surface area contributed by atoms with Crippen molar-refractivity contribution in [3.63, 3.8) is 0 Å². The topological polar surface area (TPSA) is 33.0 Å². The Morgan fingerprint density at radius 1 is 1.05 bits per heavy atom. The average Bonchev–Trinajstić information content (AvgIpc) is 2.47. The van der Waals surface area contributed by atoms with Crippen molar-refractivity contribution in [1.29, 1.82) is 0 Å². The van der Waals surface area contributed by atoms with E-state index in [0.717, 1.165) is 25.1 Å². The maximum Gasteiger partial charge on any atom is 0.224 e. The van der Waals surface area contributed by atoms with Crippen molar-refractivity contribution in [2.24, 2.45) is 0 Å². The number of carbonyl (C=O) groups is 1. The highest BCUT2D eigenvalue weighted by Gasteiger charge is 2.04. The summed E-state index contributed by atoms with van der Waals surface area (Å²) in [7, 11) is 0. The van der Waals surface area contributed by atoms with Crippen LogP contribution in [-0.2, 0) is 11.3 Å². The second-order valence-corrected chi connectivity index (χ2v) is 5.06. The number of anilines is 1. The molecule has 0 spiro atoms. The van der Waals surface area contributed by atoms with Gasteiger partial charge in [0.05, 0.1) is 0 Å². The maximum absolute atomic E-state index is 11.8. The minimum Gasteiger partial charge on any atom is -0.326 e. The van der Waals surface area contributed by atoms with Crippen LogP contribution in [0.4, 0.5) is 5.69 Å². The number of unbranched alkanes of at least 4 members (excludes halogenated alkanes) is 1. The third kappa shape index (κ3) is 5.02. The number of pyridine rings is 1. The lowest BCUT2D eigenvalue weighted by Crippen LogP contribution is -2.32. The predicted octanol–water partition coefficient (Wildman–Crippen LogP) is 3.44. The number of hydrogen-bond acceptors (Lipinski definition) is 1. The Morgan fingerprint density at radius 3 is 2.45 bits per heavy atom. The fourth-order valence-electron chi connectivity index (χ4n) is 1.92. The van der Waals surface area contributed by atoms with Gasteiger partial charge in [-0.3, -0.25) is 4.79 Å². The molecule has 2 rings (SSSR count). The van der Waals surface area contributed by atoms with E-state index in [1.165, 1.54) is 0 Å². The SMILES string of the molecule is O=C(CCCC[n+]1ccccc1)Nc1ccc(Cl)cc1. The minimum atomic E-state index is 0.0467. The zero-order chi connectivity index (χ0) is 14.2. The zero-order valence-corrected chi connectivity index (χ0v) is 12.0. The third-order valence-electron chi connectivity index (χ3n) is 2.98. The quantitative estimate of drug-likeness (QED) is 0.641. The number of amides is 1. The summed E-state index contributed by atoms with van der Waals surface area (Å²) in [5.74, 6) is 0.0467. The average molecular weight is 290 g/mol. The molecular formula is C16H18ClN2O+. The first kappa shape index (κ1) is 14.5. The molecule has 0 radical (unpaired) electrons. The molecule has 0 aliphatic heterocycles. The summed E-state index contributed by atoms with van der Waals surface area (Å²) in [6.07, 6.45) is 6.47. The molecule has 0 atom stereocenters. The zero-order valence-electron chi connectivity index (χ0n) is 11.3. The predicted molar refractivity (Wildman–Crippen MR) is 80.6 cm³/mol. The molecule has 0 aliphatic carbocycles. The van der Waals surface area contributed by atoms with E-state index in [1.54, 1.807) is 24.3 Å². The van der Waals surface area contributed by atoms with Crippen LogP contribution in [0.3, 0.4) is 0 Å². The van der Waals surface area contributed by atoms with Crippen molar-refractivity contribution in [3.8, 4) is 0 Å². The van der Waals surface area contributed by atoms with E-state index in [9.17, 15) is 4.79 Å². The minimum absolute atomic E-state index is 0.0467. The summed E-state index contributed by atoms with van der Waals surface area (Å²) in [6, 6.07) is 13.2. The van der Waals surface area contributed by atoms with Crippen LogP contribution in [0.2, 0.25) is 5.02 Å². The summed E-state index contributed by atoms with van der Waals surface area (Å²) in [5.41, 5.74) is 0.789. The number of nitrogens with zero attached hydrogens (tertiary/aromatic N) is 1.